The fraction of sp³-hybridized carbons (Fsp3) is 0.909. The summed E-state index contributed by atoms with van der Waals surface area (Å²) in [7, 11) is 4.12. The maximum absolute atomic E-state index is 8.88. The number of nitriles is 1. The fourth-order valence-corrected chi connectivity index (χ4v) is 1.32. The molecule has 0 bridgehead atoms. The van der Waals surface area contributed by atoms with Crippen LogP contribution in [0.2, 0.25) is 0 Å². The Morgan fingerprint density at radius 2 is 1.71 bits per heavy atom. The van der Waals surface area contributed by atoms with E-state index < -0.39 is 0 Å². The van der Waals surface area contributed by atoms with E-state index in [0.717, 1.165) is 19.6 Å². The summed E-state index contributed by atoms with van der Waals surface area (Å²) in [4.78, 5) is 4.39. The van der Waals surface area contributed by atoms with Gasteiger partial charge >= 0.3 is 0 Å². The number of hydrogen-bond donors (Lipinski definition) is 0. The first-order chi connectivity index (χ1) is 6.47. The van der Waals surface area contributed by atoms with Crippen molar-refractivity contribution in [3.63, 3.8) is 0 Å². The van der Waals surface area contributed by atoms with Gasteiger partial charge in [0.2, 0.25) is 0 Å². The van der Waals surface area contributed by atoms with Crippen LogP contribution >= 0.6 is 0 Å². The molecule has 0 fully saturated rings. The van der Waals surface area contributed by atoms with Gasteiger partial charge < -0.3 is 4.90 Å². The number of nitrogens with zero attached hydrogens (tertiary/aromatic N) is 3. The lowest BCUT2D eigenvalue weighted by molar-refractivity contribution is 0.197. The van der Waals surface area contributed by atoms with Gasteiger partial charge in [-0.05, 0) is 26.9 Å². The van der Waals surface area contributed by atoms with Crippen molar-refractivity contribution in [3.8, 4) is 6.07 Å². The van der Waals surface area contributed by atoms with Gasteiger partial charge in [-0.3, -0.25) is 4.90 Å². The minimum Gasteiger partial charge on any atom is -0.308 e. The molecule has 1 atom stereocenters. The maximum Gasteiger partial charge on any atom is 0.0949 e. The van der Waals surface area contributed by atoms with Gasteiger partial charge in [-0.2, -0.15) is 5.26 Å². The average Bonchev–Trinajstić information content (AvgIpc) is 2.10. The molecule has 0 spiro atoms. The van der Waals surface area contributed by atoms with Crippen molar-refractivity contribution in [2.45, 2.75) is 26.8 Å². The first-order valence-corrected chi connectivity index (χ1v) is 5.25. The van der Waals surface area contributed by atoms with Crippen molar-refractivity contribution in [1.82, 2.24) is 9.80 Å². The summed E-state index contributed by atoms with van der Waals surface area (Å²) in [5, 5.41) is 8.88. The molecule has 3 nitrogen and oxygen atoms in total. The minimum absolute atomic E-state index is 0.0253. The van der Waals surface area contributed by atoms with Crippen molar-refractivity contribution in [2.24, 2.45) is 5.92 Å². The summed E-state index contributed by atoms with van der Waals surface area (Å²) in [6.07, 6.45) is 0. The SMILES string of the molecule is CC(C)CN(CCN(C)C)C(C)C#N. The second-order valence-corrected chi connectivity index (χ2v) is 4.50. The van der Waals surface area contributed by atoms with Gasteiger partial charge in [0.15, 0.2) is 0 Å². The molecule has 0 aromatic rings. The van der Waals surface area contributed by atoms with Gasteiger partial charge in [0.25, 0.3) is 0 Å². The average molecular weight is 197 g/mol. The lowest BCUT2D eigenvalue weighted by atomic mass is 10.2. The first kappa shape index (κ1) is 13.4. The highest BCUT2D eigenvalue weighted by Crippen LogP contribution is 2.03. The second kappa shape index (κ2) is 6.80. The third-order valence-corrected chi connectivity index (χ3v) is 2.17. The van der Waals surface area contributed by atoms with Crippen molar-refractivity contribution in [3.05, 3.63) is 0 Å². The Kier molecular flexibility index (Phi) is 6.52. The Morgan fingerprint density at radius 1 is 1.14 bits per heavy atom. The number of hydrogen-bond acceptors (Lipinski definition) is 3. The van der Waals surface area contributed by atoms with E-state index in [1.165, 1.54) is 0 Å². The Hall–Kier alpha value is -0.590. The highest BCUT2D eigenvalue weighted by molar-refractivity contribution is 4.88. The summed E-state index contributed by atoms with van der Waals surface area (Å²) in [5.41, 5.74) is 0. The molecule has 0 heterocycles. The third-order valence-electron chi connectivity index (χ3n) is 2.17. The second-order valence-electron chi connectivity index (χ2n) is 4.50. The molecule has 0 radical (unpaired) electrons. The largest absolute Gasteiger partial charge is 0.308 e. The summed E-state index contributed by atoms with van der Waals surface area (Å²) in [5.74, 6) is 0.618. The molecular formula is C11H23N3. The van der Waals surface area contributed by atoms with Crippen LogP contribution in [0.5, 0.6) is 0 Å². The van der Waals surface area contributed by atoms with E-state index >= 15 is 0 Å². The van der Waals surface area contributed by atoms with Crippen LogP contribution in [0.4, 0.5) is 0 Å². The molecule has 0 aromatic heterocycles. The predicted molar refractivity (Wildman–Crippen MR) is 60.0 cm³/mol. The number of likely N-dealkylation sites (N-methyl/N-ethyl adjacent to an activating group) is 1. The normalized spacial score (nSPS) is 13.6. The molecule has 0 rings (SSSR count). The van der Waals surface area contributed by atoms with Gasteiger partial charge in [0, 0.05) is 19.6 Å². The van der Waals surface area contributed by atoms with Crippen molar-refractivity contribution in [2.75, 3.05) is 33.7 Å². The van der Waals surface area contributed by atoms with E-state index in [-0.39, 0.29) is 6.04 Å². The van der Waals surface area contributed by atoms with Crippen molar-refractivity contribution < 1.29 is 0 Å². The quantitative estimate of drug-likeness (QED) is 0.645. The lowest BCUT2D eigenvalue weighted by Gasteiger charge is -2.27. The summed E-state index contributed by atoms with van der Waals surface area (Å²) >= 11 is 0. The van der Waals surface area contributed by atoms with Gasteiger partial charge in [-0.15, -0.1) is 0 Å². The molecule has 0 saturated heterocycles. The molecule has 0 aliphatic rings. The summed E-state index contributed by atoms with van der Waals surface area (Å²) in [6.45, 7) is 9.33. The van der Waals surface area contributed by atoms with Crippen LogP contribution in [0.1, 0.15) is 20.8 Å². The van der Waals surface area contributed by atoms with Crippen LogP contribution < -0.4 is 0 Å². The van der Waals surface area contributed by atoms with E-state index in [4.69, 9.17) is 5.26 Å². The molecule has 0 aliphatic heterocycles. The Bertz CT molecular complexity index is 181. The van der Waals surface area contributed by atoms with Crippen LogP contribution in [0.15, 0.2) is 0 Å². The Labute approximate surface area is 88.3 Å². The molecule has 0 aliphatic carbocycles. The molecule has 82 valence electrons. The van der Waals surface area contributed by atoms with Crippen LogP contribution in [0.3, 0.4) is 0 Å². The number of rotatable bonds is 6. The van der Waals surface area contributed by atoms with Gasteiger partial charge in [0.1, 0.15) is 0 Å². The van der Waals surface area contributed by atoms with Gasteiger partial charge in [-0.25, -0.2) is 0 Å². The molecule has 0 saturated carbocycles. The standard InChI is InChI=1S/C11H23N3/c1-10(2)9-14(11(3)8-12)7-6-13(4)5/h10-11H,6-7,9H2,1-5H3. The monoisotopic (exact) mass is 197 g/mol. The summed E-state index contributed by atoms with van der Waals surface area (Å²) < 4.78 is 0. The first-order valence-electron chi connectivity index (χ1n) is 5.25. The topological polar surface area (TPSA) is 30.3 Å². The fourth-order valence-electron chi connectivity index (χ4n) is 1.32. The van der Waals surface area contributed by atoms with Crippen molar-refractivity contribution in [1.29, 1.82) is 5.26 Å². The van der Waals surface area contributed by atoms with Gasteiger partial charge in [-0.1, -0.05) is 13.8 Å². The van der Waals surface area contributed by atoms with Crippen LogP contribution in [-0.4, -0.2) is 49.6 Å². The maximum atomic E-state index is 8.88. The van der Waals surface area contributed by atoms with E-state index in [9.17, 15) is 0 Å². The Morgan fingerprint density at radius 3 is 2.07 bits per heavy atom. The Balaban J connectivity index is 4.05. The molecule has 0 amide bonds. The van der Waals surface area contributed by atoms with Crippen LogP contribution in [0.25, 0.3) is 0 Å². The van der Waals surface area contributed by atoms with E-state index in [2.05, 4.69) is 43.8 Å². The molecule has 14 heavy (non-hydrogen) atoms. The van der Waals surface area contributed by atoms with E-state index in [0.29, 0.717) is 5.92 Å². The zero-order valence-electron chi connectivity index (χ0n) is 10.1. The van der Waals surface area contributed by atoms with Crippen LogP contribution in [-0.2, 0) is 0 Å². The van der Waals surface area contributed by atoms with Gasteiger partial charge in [0.05, 0.1) is 12.1 Å². The minimum atomic E-state index is 0.0253. The highest BCUT2D eigenvalue weighted by Gasteiger charge is 2.13. The molecule has 0 aromatic carbocycles. The zero-order valence-corrected chi connectivity index (χ0v) is 10.1. The van der Waals surface area contributed by atoms with Crippen molar-refractivity contribution >= 4 is 0 Å². The smallest absolute Gasteiger partial charge is 0.0949 e. The molecule has 3 heteroatoms. The molecule has 0 N–H and O–H groups in total. The van der Waals surface area contributed by atoms with E-state index in [1.807, 2.05) is 6.92 Å². The third kappa shape index (κ3) is 5.95. The molecule has 1 unspecified atom stereocenters. The zero-order chi connectivity index (χ0) is 11.1. The predicted octanol–water partition coefficient (Wildman–Crippen LogP) is 1.42. The summed E-state index contributed by atoms with van der Waals surface area (Å²) in [6, 6.07) is 2.33. The van der Waals surface area contributed by atoms with Crippen LogP contribution in [0, 0.1) is 17.2 Å². The van der Waals surface area contributed by atoms with E-state index in [1.54, 1.807) is 0 Å². The molecular weight excluding hydrogens is 174 g/mol. The lowest BCUT2D eigenvalue weighted by Crippen LogP contribution is -2.39. The highest BCUT2D eigenvalue weighted by atomic mass is 15.2.